The Bertz CT molecular complexity index is 1090. The lowest BCUT2D eigenvalue weighted by atomic mass is 10.1. The first kappa shape index (κ1) is 20.1. The first-order valence-corrected chi connectivity index (χ1v) is 11.2. The normalized spacial score (nSPS) is 13.6. The summed E-state index contributed by atoms with van der Waals surface area (Å²) in [4.78, 5) is 28.5. The second-order valence-electron chi connectivity index (χ2n) is 6.47. The van der Waals surface area contributed by atoms with Crippen molar-refractivity contribution in [2.24, 2.45) is 0 Å². The fraction of sp³-hybridized carbons (Fsp3) is 0.150. The van der Waals surface area contributed by atoms with Crippen LogP contribution in [0.1, 0.15) is 28.8 Å². The van der Waals surface area contributed by atoms with Crippen LogP contribution in [-0.4, -0.2) is 22.8 Å². The fourth-order valence-corrected chi connectivity index (χ4v) is 4.73. The van der Waals surface area contributed by atoms with Gasteiger partial charge in [0.25, 0.3) is 5.91 Å². The molecule has 2 amide bonds. The van der Waals surface area contributed by atoms with E-state index in [1.807, 2.05) is 5.38 Å². The molecule has 0 radical (unpaired) electrons. The van der Waals surface area contributed by atoms with Crippen LogP contribution in [-0.2, 0) is 4.79 Å². The molecule has 2 N–H and O–H groups in total. The van der Waals surface area contributed by atoms with Gasteiger partial charge in [0, 0.05) is 28.6 Å². The van der Waals surface area contributed by atoms with Gasteiger partial charge in [-0.1, -0.05) is 35.3 Å². The average molecular weight is 464 g/mol. The molecule has 1 saturated carbocycles. The molecule has 1 aliphatic carbocycles. The summed E-state index contributed by atoms with van der Waals surface area (Å²) in [6, 6.07) is 9.18. The summed E-state index contributed by atoms with van der Waals surface area (Å²) < 4.78 is 1.15. The number of thiazole rings is 1. The highest BCUT2D eigenvalue weighted by Crippen LogP contribution is 2.38. The van der Waals surface area contributed by atoms with Crippen molar-refractivity contribution in [1.29, 1.82) is 0 Å². The second-order valence-corrected chi connectivity index (χ2v) is 9.61. The predicted molar refractivity (Wildman–Crippen MR) is 120 cm³/mol. The van der Waals surface area contributed by atoms with Crippen molar-refractivity contribution in [3.63, 3.8) is 0 Å². The summed E-state index contributed by atoms with van der Waals surface area (Å²) in [7, 11) is 0. The van der Waals surface area contributed by atoms with Gasteiger partial charge in [0.1, 0.15) is 4.34 Å². The first-order chi connectivity index (χ1) is 14.0. The van der Waals surface area contributed by atoms with Crippen LogP contribution in [0.25, 0.3) is 17.3 Å². The molecule has 5 nitrogen and oxygen atoms in total. The number of carbonyl (C=O) groups is 2. The van der Waals surface area contributed by atoms with Gasteiger partial charge in [0.2, 0.25) is 5.91 Å². The number of aromatic nitrogens is 1. The number of hydrogen-bond acceptors (Lipinski definition) is 5. The highest BCUT2D eigenvalue weighted by molar-refractivity contribution is 7.20. The number of nitrogens with zero attached hydrogens (tertiary/aromatic N) is 1. The number of rotatable bonds is 6. The van der Waals surface area contributed by atoms with Gasteiger partial charge < -0.3 is 5.32 Å². The molecule has 0 aliphatic heterocycles. The van der Waals surface area contributed by atoms with Gasteiger partial charge >= 0.3 is 0 Å². The minimum absolute atomic E-state index is 0.0626. The maximum absolute atomic E-state index is 12.2. The molecule has 1 aliphatic rings. The highest BCUT2D eigenvalue weighted by Gasteiger charge is 2.23. The van der Waals surface area contributed by atoms with Gasteiger partial charge in [0.15, 0.2) is 5.13 Å². The van der Waals surface area contributed by atoms with Crippen molar-refractivity contribution in [3.05, 3.63) is 61.6 Å². The zero-order valence-electron chi connectivity index (χ0n) is 14.9. The number of halogens is 2. The van der Waals surface area contributed by atoms with E-state index < -0.39 is 0 Å². The molecule has 1 fully saturated rings. The molecular weight excluding hydrogens is 449 g/mol. The molecule has 0 bridgehead atoms. The monoisotopic (exact) mass is 463 g/mol. The predicted octanol–water partition coefficient (Wildman–Crippen LogP) is 5.72. The van der Waals surface area contributed by atoms with Gasteiger partial charge in [0.05, 0.1) is 10.0 Å². The van der Waals surface area contributed by atoms with E-state index >= 15 is 0 Å². The number of anilines is 1. The molecule has 2 heterocycles. The highest BCUT2D eigenvalue weighted by atomic mass is 35.5. The van der Waals surface area contributed by atoms with Gasteiger partial charge in [-0.25, -0.2) is 4.98 Å². The van der Waals surface area contributed by atoms with Crippen molar-refractivity contribution in [2.45, 2.75) is 18.9 Å². The number of nitrogens with one attached hydrogen (secondary N) is 2. The number of carbonyl (C=O) groups excluding carboxylic acids is 2. The van der Waals surface area contributed by atoms with Crippen molar-refractivity contribution < 1.29 is 9.59 Å². The topological polar surface area (TPSA) is 71.1 Å². The Morgan fingerprint density at radius 1 is 1.17 bits per heavy atom. The van der Waals surface area contributed by atoms with E-state index in [1.54, 1.807) is 36.4 Å². The fourth-order valence-electron chi connectivity index (χ4n) is 2.53. The van der Waals surface area contributed by atoms with Crippen molar-refractivity contribution in [1.82, 2.24) is 10.3 Å². The largest absolute Gasteiger partial charge is 0.349 e. The molecule has 148 valence electrons. The van der Waals surface area contributed by atoms with Gasteiger partial charge in [-0.15, -0.1) is 22.7 Å². The first-order valence-electron chi connectivity index (χ1n) is 8.78. The Balaban J connectivity index is 1.35. The number of amides is 2. The molecule has 0 atom stereocenters. The third-order valence-corrected chi connectivity index (χ3v) is 6.42. The standard InChI is InChI=1S/C20H15Cl2N3O2S2/c21-16-9-14(18(22)29-16)15-10-28-20(24-15)25-17(26)8-3-11-1-4-12(5-2-11)19(27)23-13-6-7-13/h1-5,8-10,13H,6-7H2,(H,23,27)(H,24,25,26)/b8-3+. The van der Waals surface area contributed by atoms with E-state index in [0.29, 0.717) is 31.1 Å². The minimum Gasteiger partial charge on any atom is -0.349 e. The quantitative estimate of drug-likeness (QED) is 0.458. The molecule has 3 aromatic rings. The molecule has 0 unspecified atom stereocenters. The van der Waals surface area contributed by atoms with E-state index in [2.05, 4.69) is 15.6 Å². The summed E-state index contributed by atoms with van der Waals surface area (Å²) in [5.74, 6) is -0.358. The summed E-state index contributed by atoms with van der Waals surface area (Å²) in [5.41, 5.74) is 2.85. The molecule has 0 saturated heterocycles. The van der Waals surface area contributed by atoms with Crippen LogP contribution in [0.4, 0.5) is 5.13 Å². The number of thiophene rings is 1. The van der Waals surface area contributed by atoms with Crippen LogP contribution < -0.4 is 10.6 Å². The van der Waals surface area contributed by atoms with E-state index in [-0.39, 0.29) is 11.8 Å². The van der Waals surface area contributed by atoms with Crippen molar-refractivity contribution in [3.8, 4) is 11.3 Å². The molecule has 9 heteroatoms. The SMILES string of the molecule is O=C(/C=C/c1ccc(C(=O)NC2CC2)cc1)Nc1nc(-c2cc(Cl)sc2Cl)cs1. The van der Waals surface area contributed by atoms with Gasteiger partial charge in [-0.3, -0.25) is 14.9 Å². The van der Waals surface area contributed by atoms with Crippen LogP contribution in [0.2, 0.25) is 8.67 Å². The van der Waals surface area contributed by atoms with Crippen LogP contribution in [0.5, 0.6) is 0 Å². The Kier molecular flexibility index (Phi) is 6.01. The van der Waals surface area contributed by atoms with Crippen molar-refractivity contribution >= 4 is 68.9 Å². The van der Waals surface area contributed by atoms with E-state index in [9.17, 15) is 9.59 Å². The van der Waals surface area contributed by atoms with Crippen LogP contribution in [0.15, 0.2) is 41.8 Å². The lowest BCUT2D eigenvalue weighted by Gasteiger charge is -2.03. The molecule has 1 aromatic carbocycles. The Morgan fingerprint density at radius 3 is 2.59 bits per heavy atom. The summed E-state index contributed by atoms with van der Waals surface area (Å²) in [6.07, 6.45) is 5.21. The van der Waals surface area contributed by atoms with Crippen LogP contribution in [0, 0.1) is 0 Å². The van der Waals surface area contributed by atoms with Gasteiger partial charge in [-0.2, -0.15) is 0 Å². The smallest absolute Gasteiger partial charge is 0.251 e. The Labute approximate surface area is 185 Å². The number of benzene rings is 1. The second kappa shape index (κ2) is 8.67. The van der Waals surface area contributed by atoms with Gasteiger partial charge in [-0.05, 0) is 42.7 Å². The van der Waals surface area contributed by atoms with E-state index in [4.69, 9.17) is 23.2 Å². The maximum Gasteiger partial charge on any atom is 0.251 e. The lowest BCUT2D eigenvalue weighted by Crippen LogP contribution is -2.25. The number of hydrogen-bond donors (Lipinski definition) is 2. The Morgan fingerprint density at radius 2 is 1.93 bits per heavy atom. The third kappa shape index (κ3) is 5.25. The molecule has 0 spiro atoms. The van der Waals surface area contributed by atoms with Crippen LogP contribution >= 0.6 is 45.9 Å². The summed E-state index contributed by atoms with van der Waals surface area (Å²) >= 11 is 14.7. The van der Waals surface area contributed by atoms with Crippen LogP contribution in [0.3, 0.4) is 0 Å². The summed E-state index contributed by atoms with van der Waals surface area (Å²) in [5, 5.41) is 7.96. The summed E-state index contributed by atoms with van der Waals surface area (Å²) in [6.45, 7) is 0. The zero-order valence-corrected chi connectivity index (χ0v) is 18.1. The minimum atomic E-state index is -0.295. The zero-order chi connectivity index (χ0) is 20.4. The lowest BCUT2D eigenvalue weighted by molar-refractivity contribution is -0.111. The van der Waals surface area contributed by atoms with Crippen molar-refractivity contribution in [2.75, 3.05) is 5.32 Å². The Hall–Kier alpha value is -2.19. The third-order valence-electron chi connectivity index (χ3n) is 4.18. The average Bonchev–Trinajstić information content (AvgIpc) is 3.28. The molecular formula is C20H15Cl2N3O2S2. The maximum atomic E-state index is 12.2. The molecule has 29 heavy (non-hydrogen) atoms. The molecule has 4 rings (SSSR count). The van der Waals surface area contributed by atoms with E-state index in [1.165, 1.54) is 28.7 Å². The molecule has 2 aromatic heterocycles. The van der Waals surface area contributed by atoms with E-state index in [0.717, 1.165) is 24.0 Å².